The SMILES string of the molecule is CC(NS(=O)(=O)c1cccc2ccccc12)C(=O)O. The normalized spacial score (nSPS) is 13.3. The molecule has 0 heterocycles. The van der Waals surface area contributed by atoms with Crippen LogP contribution >= 0.6 is 0 Å². The fraction of sp³-hybridized carbons (Fsp3) is 0.154. The quantitative estimate of drug-likeness (QED) is 0.890. The summed E-state index contributed by atoms with van der Waals surface area (Å²) in [7, 11) is -3.86. The molecular formula is C13H13NO4S. The molecule has 6 heteroatoms. The highest BCUT2D eigenvalue weighted by molar-refractivity contribution is 7.89. The first-order valence-corrected chi connectivity index (χ1v) is 7.13. The number of carboxylic acid groups (broad SMARTS) is 1. The van der Waals surface area contributed by atoms with Crippen molar-refractivity contribution in [3.8, 4) is 0 Å². The zero-order chi connectivity index (χ0) is 14.0. The second-order valence-electron chi connectivity index (χ2n) is 4.16. The Morgan fingerprint density at radius 1 is 1.16 bits per heavy atom. The second kappa shape index (κ2) is 4.99. The van der Waals surface area contributed by atoms with Gasteiger partial charge in [0.1, 0.15) is 6.04 Å². The van der Waals surface area contributed by atoms with Crippen molar-refractivity contribution in [2.24, 2.45) is 0 Å². The summed E-state index contributed by atoms with van der Waals surface area (Å²) in [5.41, 5.74) is 0. The molecule has 0 saturated carbocycles. The number of rotatable bonds is 4. The minimum atomic E-state index is -3.86. The van der Waals surface area contributed by atoms with E-state index < -0.39 is 22.0 Å². The molecule has 0 aliphatic carbocycles. The number of aliphatic carboxylic acids is 1. The van der Waals surface area contributed by atoms with Crippen molar-refractivity contribution in [3.63, 3.8) is 0 Å². The molecule has 1 atom stereocenters. The van der Waals surface area contributed by atoms with Crippen LogP contribution in [-0.2, 0) is 14.8 Å². The largest absolute Gasteiger partial charge is 0.480 e. The van der Waals surface area contributed by atoms with Crippen molar-refractivity contribution in [1.82, 2.24) is 4.72 Å². The topological polar surface area (TPSA) is 83.5 Å². The maximum atomic E-state index is 12.2. The van der Waals surface area contributed by atoms with Gasteiger partial charge in [-0.3, -0.25) is 4.79 Å². The van der Waals surface area contributed by atoms with E-state index in [2.05, 4.69) is 4.72 Å². The Balaban J connectivity index is 2.52. The Kier molecular flexibility index (Phi) is 3.55. The number of carbonyl (C=O) groups is 1. The summed E-state index contributed by atoms with van der Waals surface area (Å²) in [5.74, 6) is -1.22. The first-order valence-electron chi connectivity index (χ1n) is 5.65. The molecule has 0 radical (unpaired) electrons. The number of nitrogens with one attached hydrogen (secondary N) is 1. The van der Waals surface area contributed by atoms with E-state index in [9.17, 15) is 13.2 Å². The first-order chi connectivity index (χ1) is 8.92. The third-order valence-corrected chi connectivity index (χ3v) is 4.34. The average Bonchev–Trinajstić information content (AvgIpc) is 2.37. The molecule has 0 spiro atoms. The lowest BCUT2D eigenvalue weighted by molar-refractivity contribution is -0.138. The molecule has 1 unspecified atom stereocenters. The van der Waals surface area contributed by atoms with Gasteiger partial charge in [-0.15, -0.1) is 0 Å². The van der Waals surface area contributed by atoms with Gasteiger partial charge in [-0.25, -0.2) is 8.42 Å². The highest BCUT2D eigenvalue weighted by Gasteiger charge is 2.22. The van der Waals surface area contributed by atoms with Crippen molar-refractivity contribution in [2.45, 2.75) is 17.9 Å². The average molecular weight is 279 g/mol. The Morgan fingerprint density at radius 2 is 1.79 bits per heavy atom. The predicted octanol–water partition coefficient (Wildman–Crippen LogP) is 1.59. The molecule has 0 saturated heterocycles. The van der Waals surface area contributed by atoms with Gasteiger partial charge in [0.05, 0.1) is 4.90 Å². The second-order valence-corrected chi connectivity index (χ2v) is 5.84. The lowest BCUT2D eigenvalue weighted by atomic mass is 10.1. The summed E-state index contributed by atoms with van der Waals surface area (Å²) < 4.78 is 26.5. The van der Waals surface area contributed by atoms with Gasteiger partial charge in [-0.2, -0.15) is 4.72 Å². The summed E-state index contributed by atoms with van der Waals surface area (Å²) in [6.07, 6.45) is 0. The van der Waals surface area contributed by atoms with Gasteiger partial charge in [-0.05, 0) is 18.4 Å². The standard InChI is InChI=1S/C13H13NO4S/c1-9(13(15)16)14-19(17,18)12-8-4-6-10-5-2-3-7-11(10)12/h2-9,14H,1H3,(H,15,16). The fourth-order valence-corrected chi connectivity index (χ4v) is 3.20. The fourth-order valence-electron chi connectivity index (χ4n) is 1.78. The van der Waals surface area contributed by atoms with Gasteiger partial charge in [0.15, 0.2) is 0 Å². The van der Waals surface area contributed by atoms with Crippen molar-refractivity contribution < 1.29 is 18.3 Å². The molecule has 19 heavy (non-hydrogen) atoms. The predicted molar refractivity (Wildman–Crippen MR) is 71.4 cm³/mol. The molecule has 2 rings (SSSR count). The van der Waals surface area contributed by atoms with Crippen molar-refractivity contribution >= 4 is 26.8 Å². The van der Waals surface area contributed by atoms with Crippen molar-refractivity contribution in [2.75, 3.05) is 0 Å². The number of benzene rings is 2. The molecule has 0 aliphatic heterocycles. The Labute approximate surface area is 110 Å². The smallest absolute Gasteiger partial charge is 0.321 e. The highest BCUT2D eigenvalue weighted by Crippen LogP contribution is 2.22. The number of hydrogen-bond donors (Lipinski definition) is 2. The van der Waals surface area contributed by atoms with Gasteiger partial charge >= 0.3 is 5.97 Å². The van der Waals surface area contributed by atoms with Crippen molar-refractivity contribution in [3.05, 3.63) is 42.5 Å². The molecule has 2 N–H and O–H groups in total. The molecule has 0 bridgehead atoms. The molecule has 0 aliphatic rings. The molecule has 0 fully saturated rings. The zero-order valence-corrected chi connectivity index (χ0v) is 11.0. The maximum absolute atomic E-state index is 12.2. The zero-order valence-electron chi connectivity index (χ0n) is 10.2. The molecule has 2 aromatic rings. The van der Waals surface area contributed by atoms with E-state index in [1.54, 1.807) is 30.3 Å². The minimum absolute atomic E-state index is 0.0821. The van der Waals surface area contributed by atoms with E-state index in [0.717, 1.165) is 5.39 Å². The van der Waals surface area contributed by atoms with E-state index in [4.69, 9.17) is 5.11 Å². The Morgan fingerprint density at radius 3 is 2.47 bits per heavy atom. The van der Waals surface area contributed by atoms with E-state index in [1.807, 2.05) is 6.07 Å². The van der Waals surface area contributed by atoms with Crippen LogP contribution in [0.3, 0.4) is 0 Å². The van der Waals surface area contributed by atoms with Crippen LogP contribution in [0.25, 0.3) is 10.8 Å². The maximum Gasteiger partial charge on any atom is 0.321 e. The molecule has 2 aromatic carbocycles. The molecule has 100 valence electrons. The van der Waals surface area contributed by atoms with Crippen LogP contribution in [0.2, 0.25) is 0 Å². The van der Waals surface area contributed by atoms with E-state index in [-0.39, 0.29) is 4.90 Å². The lowest BCUT2D eigenvalue weighted by Gasteiger charge is -2.12. The first kappa shape index (κ1) is 13.5. The van der Waals surface area contributed by atoms with Crippen LogP contribution in [0.15, 0.2) is 47.4 Å². The van der Waals surface area contributed by atoms with Crippen LogP contribution in [0, 0.1) is 0 Å². The van der Waals surface area contributed by atoms with Gasteiger partial charge in [0.2, 0.25) is 10.0 Å². The van der Waals surface area contributed by atoms with E-state index >= 15 is 0 Å². The van der Waals surface area contributed by atoms with Crippen LogP contribution in [0.5, 0.6) is 0 Å². The van der Waals surface area contributed by atoms with Crippen LogP contribution < -0.4 is 4.72 Å². The minimum Gasteiger partial charge on any atom is -0.480 e. The molecule has 5 nitrogen and oxygen atoms in total. The van der Waals surface area contributed by atoms with Gasteiger partial charge in [-0.1, -0.05) is 36.4 Å². The molecule has 0 amide bonds. The van der Waals surface area contributed by atoms with Gasteiger partial charge in [0.25, 0.3) is 0 Å². The number of hydrogen-bond acceptors (Lipinski definition) is 3. The Hall–Kier alpha value is -1.92. The van der Waals surface area contributed by atoms with Crippen molar-refractivity contribution in [1.29, 1.82) is 0 Å². The van der Waals surface area contributed by atoms with Gasteiger partial charge < -0.3 is 5.11 Å². The summed E-state index contributed by atoms with van der Waals surface area (Å²) in [6, 6.07) is 10.7. The number of sulfonamides is 1. The number of carboxylic acids is 1. The van der Waals surface area contributed by atoms with Crippen LogP contribution in [-0.4, -0.2) is 25.5 Å². The third kappa shape index (κ3) is 2.74. The summed E-state index contributed by atoms with van der Waals surface area (Å²) in [4.78, 5) is 10.8. The third-order valence-electron chi connectivity index (χ3n) is 2.74. The summed E-state index contributed by atoms with van der Waals surface area (Å²) >= 11 is 0. The summed E-state index contributed by atoms with van der Waals surface area (Å²) in [5, 5.41) is 10.1. The Bertz CT molecular complexity index is 719. The van der Waals surface area contributed by atoms with Crippen LogP contribution in [0.4, 0.5) is 0 Å². The lowest BCUT2D eigenvalue weighted by Crippen LogP contribution is -2.38. The van der Waals surface area contributed by atoms with Gasteiger partial charge in [0, 0.05) is 5.39 Å². The molecular weight excluding hydrogens is 266 g/mol. The highest BCUT2D eigenvalue weighted by atomic mass is 32.2. The number of fused-ring (bicyclic) bond motifs is 1. The van der Waals surface area contributed by atoms with Crippen LogP contribution in [0.1, 0.15) is 6.92 Å². The molecule has 0 aromatic heterocycles. The van der Waals surface area contributed by atoms with E-state index in [0.29, 0.717) is 5.39 Å². The van der Waals surface area contributed by atoms with E-state index in [1.165, 1.54) is 13.0 Å². The monoisotopic (exact) mass is 279 g/mol. The summed E-state index contributed by atoms with van der Waals surface area (Å²) in [6.45, 7) is 1.28.